The van der Waals surface area contributed by atoms with Gasteiger partial charge in [0.25, 0.3) is 5.91 Å². The average molecular weight is 715 g/mol. The van der Waals surface area contributed by atoms with E-state index in [0.29, 0.717) is 25.3 Å². The monoisotopic (exact) mass is 711 g/mol. The molecule has 0 aliphatic carbocycles. The summed E-state index contributed by atoms with van der Waals surface area (Å²) in [5.74, 6) is 0.978. The SMILES string of the molecule is CNCCCOc1c(Br)cc(CCNC(=O)/C(Cc2cc(Br)c(OC)c(Br)c2)=N/O)cc1Br. The van der Waals surface area contributed by atoms with Crippen LogP contribution in [-0.2, 0) is 17.6 Å². The molecule has 180 valence electrons. The number of nitrogens with one attached hydrogen (secondary N) is 2. The predicted octanol–water partition coefficient (Wildman–Crippen LogP) is 5.47. The molecule has 0 aromatic heterocycles. The van der Waals surface area contributed by atoms with Crippen LogP contribution >= 0.6 is 63.7 Å². The van der Waals surface area contributed by atoms with Gasteiger partial charge >= 0.3 is 0 Å². The van der Waals surface area contributed by atoms with Gasteiger partial charge in [0.15, 0.2) is 0 Å². The summed E-state index contributed by atoms with van der Waals surface area (Å²) in [6.45, 7) is 1.88. The maximum atomic E-state index is 12.5. The van der Waals surface area contributed by atoms with Crippen molar-refractivity contribution in [3.05, 3.63) is 53.3 Å². The third-order valence-corrected chi connectivity index (χ3v) is 6.95. The van der Waals surface area contributed by atoms with Crippen LogP contribution in [0.3, 0.4) is 0 Å². The van der Waals surface area contributed by atoms with Gasteiger partial charge in [0.05, 0.1) is 31.6 Å². The molecule has 2 aromatic rings. The molecule has 0 atom stereocenters. The van der Waals surface area contributed by atoms with Gasteiger partial charge in [0.1, 0.15) is 17.2 Å². The van der Waals surface area contributed by atoms with Gasteiger partial charge in [-0.1, -0.05) is 5.16 Å². The maximum Gasteiger partial charge on any atom is 0.269 e. The second-order valence-corrected chi connectivity index (χ2v) is 10.4. The van der Waals surface area contributed by atoms with Gasteiger partial charge in [0, 0.05) is 13.0 Å². The first-order valence-electron chi connectivity index (χ1n) is 10.1. The van der Waals surface area contributed by atoms with Gasteiger partial charge in [-0.15, -0.1) is 0 Å². The van der Waals surface area contributed by atoms with E-state index in [0.717, 1.165) is 47.7 Å². The van der Waals surface area contributed by atoms with Crippen molar-refractivity contribution in [3.63, 3.8) is 0 Å². The molecule has 1 amide bonds. The zero-order valence-electron chi connectivity index (χ0n) is 18.2. The number of amides is 1. The summed E-state index contributed by atoms with van der Waals surface area (Å²) in [5.41, 5.74) is 1.82. The number of hydrogen-bond acceptors (Lipinski definition) is 6. The van der Waals surface area contributed by atoms with Crippen molar-refractivity contribution >= 4 is 75.3 Å². The smallest absolute Gasteiger partial charge is 0.269 e. The lowest BCUT2D eigenvalue weighted by Gasteiger charge is -2.13. The number of benzene rings is 2. The molecular formula is C22H25Br4N3O4. The molecule has 0 saturated heterocycles. The first-order valence-corrected chi connectivity index (χ1v) is 13.2. The van der Waals surface area contributed by atoms with E-state index in [2.05, 4.69) is 79.5 Å². The molecule has 2 aromatic carbocycles. The summed E-state index contributed by atoms with van der Waals surface area (Å²) >= 11 is 14.0. The molecule has 0 fully saturated rings. The predicted molar refractivity (Wildman–Crippen MR) is 144 cm³/mol. The highest BCUT2D eigenvalue weighted by atomic mass is 79.9. The van der Waals surface area contributed by atoms with E-state index in [9.17, 15) is 10.0 Å². The van der Waals surface area contributed by atoms with E-state index in [1.54, 1.807) is 7.11 Å². The molecule has 0 spiro atoms. The van der Waals surface area contributed by atoms with Crippen molar-refractivity contribution in [2.45, 2.75) is 19.3 Å². The van der Waals surface area contributed by atoms with Crippen molar-refractivity contribution in [3.8, 4) is 11.5 Å². The molecule has 0 unspecified atom stereocenters. The fraction of sp³-hybridized carbons (Fsp3) is 0.364. The Morgan fingerprint density at radius 3 is 2.09 bits per heavy atom. The van der Waals surface area contributed by atoms with Crippen LogP contribution < -0.4 is 20.1 Å². The van der Waals surface area contributed by atoms with Crippen LogP contribution in [0.4, 0.5) is 0 Å². The van der Waals surface area contributed by atoms with Crippen molar-refractivity contribution in [1.29, 1.82) is 0 Å². The first kappa shape index (κ1) is 28.1. The molecule has 11 heteroatoms. The number of methoxy groups -OCH3 is 1. The van der Waals surface area contributed by atoms with Gasteiger partial charge in [-0.05, 0) is 126 Å². The topological polar surface area (TPSA) is 92.2 Å². The number of halogens is 4. The number of carbonyl (C=O) groups excluding carboxylic acids is 1. The highest BCUT2D eigenvalue weighted by Crippen LogP contribution is 2.35. The lowest BCUT2D eigenvalue weighted by Crippen LogP contribution is -2.33. The Hall–Kier alpha value is -1.14. The number of oxime groups is 1. The summed E-state index contributed by atoms with van der Waals surface area (Å²) in [4.78, 5) is 12.5. The number of ether oxygens (including phenoxy) is 2. The Labute approximate surface area is 227 Å². The number of carbonyl (C=O) groups is 1. The molecule has 7 nitrogen and oxygen atoms in total. The highest BCUT2D eigenvalue weighted by Gasteiger charge is 2.16. The van der Waals surface area contributed by atoms with Crippen LogP contribution in [0.15, 0.2) is 47.3 Å². The molecule has 33 heavy (non-hydrogen) atoms. The molecule has 0 aliphatic rings. The normalized spacial score (nSPS) is 11.4. The van der Waals surface area contributed by atoms with Gasteiger partial charge in [-0.25, -0.2) is 0 Å². The Morgan fingerprint density at radius 1 is 0.970 bits per heavy atom. The quantitative estimate of drug-likeness (QED) is 0.118. The fourth-order valence-corrected chi connectivity index (χ4v) is 6.12. The Bertz CT molecular complexity index is 956. The van der Waals surface area contributed by atoms with Gasteiger partial charge < -0.3 is 25.3 Å². The highest BCUT2D eigenvalue weighted by molar-refractivity contribution is 9.11. The third kappa shape index (κ3) is 8.54. The van der Waals surface area contributed by atoms with E-state index in [4.69, 9.17) is 9.47 Å². The lowest BCUT2D eigenvalue weighted by atomic mass is 10.1. The van der Waals surface area contributed by atoms with E-state index in [1.165, 1.54) is 0 Å². The number of hydrogen-bond donors (Lipinski definition) is 3. The number of rotatable bonds is 12. The van der Waals surface area contributed by atoms with E-state index < -0.39 is 5.91 Å². The van der Waals surface area contributed by atoms with Gasteiger partial charge in [-0.3, -0.25) is 4.79 Å². The fourth-order valence-electron chi connectivity index (χ4n) is 3.00. The van der Waals surface area contributed by atoms with Gasteiger partial charge in [-0.2, -0.15) is 0 Å². The Balaban J connectivity index is 1.93. The third-order valence-electron chi connectivity index (χ3n) is 4.59. The van der Waals surface area contributed by atoms with Crippen LogP contribution in [0.1, 0.15) is 17.5 Å². The summed E-state index contributed by atoms with van der Waals surface area (Å²) in [7, 11) is 3.48. The Morgan fingerprint density at radius 2 is 1.55 bits per heavy atom. The van der Waals surface area contributed by atoms with E-state index in [1.807, 2.05) is 31.3 Å². The number of nitrogens with zero attached hydrogens (tertiary/aromatic N) is 1. The minimum absolute atomic E-state index is 0.0200. The van der Waals surface area contributed by atoms with Crippen molar-refractivity contribution in [1.82, 2.24) is 10.6 Å². The van der Waals surface area contributed by atoms with Gasteiger partial charge in [0.2, 0.25) is 0 Å². The Kier molecular flexibility index (Phi) is 12.2. The summed E-state index contributed by atoms with van der Waals surface area (Å²) in [5, 5.41) is 18.5. The van der Waals surface area contributed by atoms with E-state index >= 15 is 0 Å². The zero-order valence-corrected chi connectivity index (χ0v) is 24.5. The molecule has 0 radical (unpaired) electrons. The standard InChI is InChI=1S/C22H25Br4N3O4/c1-27-5-3-7-33-21-17(25)8-13(9-18(21)26)4-6-28-22(30)19(29-31)12-14-10-15(23)20(32-2)16(24)11-14/h8-11,27,31H,3-7,12H2,1-2H3,(H,28,30)/b29-19+. The molecule has 0 aliphatic heterocycles. The summed E-state index contributed by atoms with van der Waals surface area (Å²) < 4.78 is 14.3. The largest absolute Gasteiger partial charge is 0.494 e. The van der Waals surface area contributed by atoms with Crippen LogP contribution in [0, 0.1) is 0 Å². The van der Waals surface area contributed by atoms with E-state index in [-0.39, 0.29) is 12.1 Å². The minimum Gasteiger partial charge on any atom is -0.494 e. The second-order valence-electron chi connectivity index (χ2n) is 7.02. The maximum absolute atomic E-state index is 12.5. The van der Waals surface area contributed by atoms with Crippen molar-refractivity contribution in [2.24, 2.45) is 5.16 Å². The molecule has 3 N–H and O–H groups in total. The second kappa shape index (κ2) is 14.3. The van der Waals surface area contributed by atoms with Crippen molar-refractivity contribution < 1.29 is 19.5 Å². The van der Waals surface area contributed by atoms with Crippen LogP contribution in [0.2, 0.25) is 0 Å². The summed E-state index contributed by atoms with van der Waals surface area (Å²) in [6.07, 6.45) is 1.67. The molecule has 0 saturated carbocycles. The molecule has 0 bridgehead atoms. The van der Waals surface area contributed by atoms with Crippen LogP contribution in [-0.4, -0.2) is 50.7 Å². The lowest BCUT2D eigenvalue weighted by molar-refractivity contribution is -0.115. The first-order chi connectivity index (χ1) is 15.8. The van der Waals surface area contributed by atoms with Crippen LogP contribution in [0.5, 0.6) is 11.5 Å². The van der Waals surface area contributed by atoms with Crippen LogP contribution in [0.25, 0.3) is 0 Å². The zero-order chi connectivity index (χ0) is 24.4. The summed E-state index contributed by atoms with van der Waals surface area (Å²) in [6, 6.07) is 7.58. The molecule has 0 heterocycles. The molecular weight excluding hydrogens is 690 g/mol. The molecule has 2 rings (SSSR count). The average Bonchev–Trinajstić information content (AvgIpc) is 2.76. The van der Waals surface area contributed by atoms with Crippen molar-refractivity contribution in [2.75, 3.05) is 33.9 Å². The minimum atomic E-state index is -0.428.